The third-order valence-electron chi connectivity index (χ3n) is 6.96. The molecule has 1 unspecified atom stereocenters. The first-order valence-electron chi connectivity index (χ1n) is 12.6. The first kappa shape index (κ1) is 24.5. The van der Waals surface area contributed by atoms with Crippen LogP contribution in [-0.4, -0.2) is 35.3 Å². The van der Waals surface area contributed by atoms with Gasteiger partial charge in [0.1, 0.15) is 5.76 Å². The van der Waals surface area contributed by atoms with Gasteiger partial charge >= 0.3 is 0 Å². The molecule has 1 N–H and O–H groups in total. The van der Waals surface area contributed by atoms with Crippen LogP contribution in [0.15, 0.2) is 65.3 Å². The second kappa shape index (κ2) is 10.1. The molecule has 0 saturated heterocycles. The van der Waals surface area contributed by atoms with Gasteiger partial charge in [0, 0.05) is 18.1 Å². The molecule has 1 atom stereocenters. The third kappa shape index (κ3) is 4.92. The average Bonchev–Trinajstić information content (AvgIpc) is 3.38. The molecule has 1 aliphatic carbocycles. The number of pyridine rings is 1. The average molecular weight is 494 g/mol. The summed E-state index contributed by atoms with van der Waals surface area (Å²) < 4.78 is 5.58. The first-order valence-corrected chi connectivity index (χ1v) is 12.6. The number of allylic oxidation sites excluding steroid dienone is 1. The van der Waals surface area contributed by atoms with Gasteiger partial charge < -0.3 is 14.6 Å². The maximum absolute atomic E-state index is 14.0. The van der Waals surface area contributed by atoms with Crippen LogP contribution < -0.4 is 5.32 Å². The standard InChI is InChI=1S/C31H31N3O3/c1-19-15-22(17-23-11-8-14-37-23)30-25(16-19)28(24-12-5-6-13-26(24)32-30)31(36)34(4)18-27(35)33-29-20(2)9-7-10-21(29)3/h5-14,17,19H,15-16,18H2,1-4H3,(H,33,35)/b22-17+. The van der Waals surface area contributed by atoms with E-state index in [2.05, 4.69) is 12.2 Å². The largest absolute Gasteiger partial charge is 0.465 e. The van der Waals surface area contributed by atoms with Crippen LogP contribution in [0.2, 0.25) is 0 Å². The number of furan rings is 1. The van der Waals surface area contributed by atoms with Crippen LogP contribution in [0.5, 0.6) is 0 Å². The summed E-state index contributed by atoms with van der Waals surface area (Å²) in [7, 11) is 1.68. The topological polar surface area (TPSA) is 75.4 Å². The molecule has 0 radical (unpaired) electrons. The summed E-state index contributed by atoms with van der Waals surface area (Å²) in [6, 6.07) is 17.4. The molecule has 6 heteroatoms. The van der Waals surface area contributed by atoms with Crippen LogP contribution in [0.4, 0.5) is 5.69 Å². The number of aromatic nitrogens is 1. The van der Waals surface area contributed by atoms with Gasteiger partial charge in [-0.15, -0.1) is 0 Å². The molecule has 37 heavy (non-hydrogen) atoms. The lowest BCUT2D eigenvalue weighted by atomic mass is 9.80. The van der Waals surface area contributed by atoms with Crippen LogP contribution in [0, 0.1) is 19.8 Å². The van der Waals surface area contributed by atoms with Crippen molar-refractivity contribution in [3.63, 3.8) is 0 Å². The molecular formula is C31H31N3O3. The van der Waals surface area contributed by atoms with Crippen molar-refractivity contribution >= 4 is 40.1 Å². The van der Waals surface area contributed by atoms with E-state index in [4.69, 9.17) is 9.40 Å². The highest BCUT2D eigenvalue weighted by molar-refractivity contribution is 6.10. The molecule has 2 aromatic carbocycles. The molecule has 0 saturated carbocycles. The summed E-state index contributed by atoms with van der Waals surface area (Å²) in [4.78, 5) is 33.4. The van der Waals surface area contributed by atoms with Gasteiger partial charge in [0.25, 0.3) is 5.91 Å². The predicted octanol–water partition coefficient (Wildman–Crippen LogP) is 6.28. The number of likely N-dealkylation sites (N-methyl/N-ethyl adjacent to an activating group) is 1. The summed E-state index contributed by atoms with van der Waals surface area (Å²) in [5.74, 6) is 0.684. The zero-order chi connectivity index (χ0) is 26.1. The number of carbonyl (C=O) groups is 2. The summed E-state index contributed by atoms with van der Waals surface area (Å²) in [5, 5.41) is 3.79. The number of nitrogens with one attached hydrogen (secondary N) is 1. The van der Waals surface area contributed by atoms with E-state index in [0.717, 1.165) is 63.1 Å². The highest BCUT2D eigenvalue weighted by atomic mass is 16.3. The molecular weight excluding hydrogens is 462 g/mol. The van der Waals surface area contributed by atoms with Gasteiger partial charge in [-0.2, -0.15) is 0 Å². The molecule has 0 spiro atoms. The highest BCUT2D eigenvalue weighted by Crippen LogP contribution is 2.39. The second-order valence-electron chi connectivity index (χ2n) is 10.0. The van der Waals surface area contributed by atoms with E-state index in [1.807, 2.05) is 74.5 Å². The number of hydrogen-bond donors (Lipinski definition) is 1. The second-order valence-corrected chi connectivity index (χ2v) is 10.0. The lowest BCUT2D eigenvalue weighted by Crippen LogP contribution is -2.36. The number of fused-ring (bicyclic) bond motifs is 2. The van der Waals surface area contributed by atoms with Crippen molar-refractivity contribution in [1.29, 1.82) is 0 Å². The molecule has 0 bridgehead atoms. The summed E-state index contributed by atoms with van der Waals surface area (Å²) in [6.45, 7) is 6.05. The molecule has 0 fully saturated rings. The lowest BCUT2D eigenvalue weighted by molar-refractivity contribution is -0.116. The Kier molecular flexibility index (Phi) is 6.66. The van der Waals surface area contributed by atoms with Gasteiger partial charge in [-0.25, -0.2) is 4.98 Å². The maximum Gasteiger partial charge on any atom is 0.255 e. The summed E-state index contributed by atoms with van der Waals surface area (Å²) in [6.07, 6.45) is 5.26. The summed E-state index contributed by atoms with van der Waals surface area (Å²) >= 11 is 0. The van der Waals surface area contributed by atoms with Crippen molar-refractivity contribution in [2.45, 2.75) is 33.6 Å². The lowest BCUT2D eigenvalue weighted by Gasteiger charge is -2.28. The number of amides is 2. The SMILES string of the molecule is Cc1cccc(C)c1NC(=O)CN(C)C(=O)c1c2c(nc3ccccc13)/C(=C/c1ccco1)CC(C)C2. The van der Waals surface area contributed by atoms with E-state index in [1.54, 1.807) is 13.3 Å². The Labute approximate surface area is 217 Å². The van der Waals surface area contributed by atoms with Gasteiger partial charge in [-0.1, -0.05) is 43.3 Å². The molecule has 2 aromatic heterocycles. The van der Waals surface area contributed by atoms with Gasteiger partial charge in [0.15, 0.2) is 0 Å². The van der Waals surface area contributed by atoms with E-state index in [-0.39, 0.29) is 18.4 Å². The highest BCUT2D eigenvalue weighted by Gasteiger charge is 2.30. The van der Waals surface area contributed by atoms with Gasteiger partial charge in [0.2, 0.25) is 5.91 Å². The Balaban J connectivity index is 1.52. The van der Waals surface area contributed by atoms with Crippen LogP contribution in [0.3, 0.4) is 0 Å². The van der Waals surface area contributed by atoms with Crippen LogP contribution in [-0.2, 0) is 11.2 Å². The normalized spacial score (nSPS) is 16.0. The fourth-order valence-electron chi connectivity index (χ4n) is 5.19. The van der Waals surface area contributed by atoms with E-state index < -0.39 is 0 Å². The molecule has 2 amide bonds. The Hall–Kier alpha value is -4.19. The van der Waals surface area contributed by atoms with Crippen molar-refractivity contribution < 1.29 is 14.0 Å². The number of carbonyl (C=O) groups excluding carboxylic acids is 2. The van der Waals surface area contributed by atoms with Crippen molar-refractivity contribution in [2.24, 2.45) is 5.92 Å². The van der Waals surface area contributed by atoms with E-state index in [1.165, 1.54) is 4.90 Å². The van der Waals surface area contributed by atoms with Crippen molar-refractivity contribution in [2.75, 3.05) is 18.9 Å². The minimum absolute atomic E-state index is 0.0529. The molecule has 4 aromatic rings. The predicted molar refractivity (Wildman–Crippen MR) is 147 cm³/mol. The molecule has 0 aliphatic heterocycles. The number of benzene rings is 2. The van der Waals surface area contributed by atoms with Crippen molar-refractivity contribution in [3.05, 3.63) is 94.6 Å². The molecule has 5 rings (SSSR count). The number of nitrogens with zero attached hydrogens (tertiary/aromatic N) is 2. The zero-order valence-electron chi connectivity index (χ0n) is 21.7. The Morgan fingerprint density at radius 2 is 1.81 bits per heavy atom. The molecule has 2 heterocycles. The Morgan fingerprint density at radius 1 is 1.05 bits per heavy atom. The Morgan fingerprint density at radius 3 is 2.54 bits per heavy atom. The van der Waals surface area contributed by atoms with Crippen LogP contribution >= 0.6 is 0 Å². The quantitative estimate of drug-likeness (QED) is 0.355. The minimum atomic E-state index is -0.229. The monoisotopic (exact) mass is 493 g/mol. The number of aryl methyl sites for hydroxylation is 2. The van der Waals surface area contributed by atoms with Gasteiger partial charge in [0.05, 0.1) is 29.6 Å². The molecule has 1 aliphatic rings. The van der Waals surface area contributed by atoms with Gasteiger partial charge in [-0.3, -0.25) is 9.59 Å². The number of anilines is 1. The Bertz CT molecular complexity index is 1500. The van der Waals surface area contributed by atoms with Crippen LogP contribution in [0.25, 0.3) is 22.6 Å². The van der Waals surface area contributed by atoms with Crippen molar-refractivity contribution in [1.82, 2.24) is 9.88 Å². The number of hydrogen-bond acceptors (Lipinski definition) is 4. The van der Waals surface area contributed by atoms with Crippen LogP contribution in [0.1, 0.15) is 51.8 Å². The summed E-state index contributed by atoms with van der Waals surface area (Å²) in [5.41, 5.74) is 6.98. The molecule has 6 nitrogen and oxygen atoms in total. The van der Waals surface area contributed by atoms with E-state index in [0.29, 0.717) is 11.5 Å². The number of para-hydroxylation sites is 2. The first-order chi connectivity index (χ1) is 17.8. The van der Waals surface area contributed by atoms with Gasteiger partial charge in [-0.05, 0) is 79.1 Å². The fraction of sp³-hybridized carbons (Fsp3) is 0.258. The molecule has 188 valence electrons. The fourth-order valence-corrected chi connectivity index (χ4v) is 5.19. The van der Waals surface area contributed by atoms with E-state index in [9.17, 15) is 9.59 Å². The number of rotatable bonds is 5. The van der Waals surface area contributed by atoms with Crippen molar-refractivity contribution in [3.8, 4) is 0 Å². The zero-order valence-corrected chi connectivity index (χ0v) is 21.7. The van der Waals surface area contributed by atoms with E-state index >= 15 is 0 Å². The third-order valence-corrected chi connectivity index (χ3v) is 6.96. The smallest absolute Gasteiger partial charge is 0.255 e. The minimum Gasteiger partial charge on any atom is -0.465 e. The maximum atomic E-state index is 14.0.